The average molecular weight is 284 g/mol. The highest BCUT2D eigenvalue weighted by Crippen LogP contribution is 2.29. The van der Waals surface area contributed by atoms with Gasteiger partial charge in [0.25, 0.3) is 0 Å². The van der Waals surface area contributed by atoms with E-state index in [1.165, 1.54) is 0 Å². The summed E-state index contributed by atoms with van der Waals surface area (Å²) >= 11 is 0. The van der Waals surface area contributed by atoms with E-state index in [1.54, 1.807) is 0 Å². The van der Waals surface area contributed by atoms with Crippen molar-refractivity contribution in [2.24, 2.45) is 0 Å². The van der Waals surface area contributed by atoms with Crippen LogP contribution in [0, 0.1) is 13.8 Å². The summed E-state index contributed by atoms with van der Waals surface area (Å²) in [4.78, 5) is 18.8. The van der Waals surface area contributed by atoms with Crippen molar-refractivity contribution in [3.63, 3.8) is 0 Å². The smallest absolute Gasteiger partial charge is 0.336 e. The summed E-state index contributed by atoms with van der Waals surface area (Å²) in [6.45, 7) is 8.72. The van der Waals surface area contributed by atoms with Crippen LogP contribution in [0.25, 0.3) is 10.9 Å². The Morgan fingerprint density at radius 1 is 1.33 bits per heavy atom. The maximum atomic E-state index is 11.8. The summed E-state index contributed by atoms with van der Waals surface area (Å²) < 4.78 is 0. The lowest BCUT2D eigenvalue weighted by Gasteiger charge is -2.28. The Hall–Kier alpha value is -1.94. The molecule has 0 atom stereocenters. The van der Waals surface area contributed by atoms with Gasteiger partial charge in [-0.2, -0.15) is 0 Å². The van der Waals surface area contributed by atoms with Gasteiger partial charge in [0.2, 0.25) is 0 Å². The number of aromatic nitrogens is 1. The predicted molar refractivity (Wildman–Crippen MR) is 82.8 cm³/mol. The number of carbonyl (C=O) groups is 1. The molecule has 0 aliphatic carbocycles. The standard InChI is InChI=1S/C17H20N2O2/c1-4-19-6-5-14-13(9-19)16(17(20)21)12-7-10(2)11(3)8-15(12)18-14/h7-8H,4-6,9H2,1-3H3,(H,20,21). The van der Waals surface area contributed by atoms with Crippen LogP contribution in [0.1, 0.15) is 39.7 Å². The Kier molecular flexibility index (Phi) is 3.41. The lowest BCUT2D eigenvalue weighted by Crippen LogP contribution is -2.32. The molecule has 1 aliphatic rings. The molecule has 0 saturated heterocycles. The van der Waals surface area contributed by atoms with Crippen LogP contribution in [-0.4, -0.2) is 34.0 Å². The van der Waals surface area contributed by atoms with Crippen LogP contribution in [-0.2, 0) is 13.0 Å². The molecule has 2 heterocycles. The van der Waals surface area contributed by atoms with E-state index in [-0.39, 0.29) is 0 Å². The predicted octanol–water partition coefficient (Wildman–Crippen LogP) is 2.93. The Morgan fingerprint density at radius 3 is 2.71 bits per heavy atom. The highest BCUT2D eigenvalue weighted by Gasteiger charge is 2.25. The fraction of sp³-hybridized carbons (Fsp3) is 0.412. The lowest BCUT2D eigenvalue weighted by atomic mass is 9.94. The van der Waals surface area contributed by atoms with Gasteiger partial charge in [0.15, 0.2) is 0 Å². The van der Waals surface area contributed by atoms with Crippen LogP contribution in [0.2, 0.25) is 0 Å². The Balaban J connectivity index is 2.32. The number of rotatable bonds is 2. The number of hydrogen-bond acceptors (Lipinski definition) is 3. The molecule has 1 aromatic heterocycles. The van der Waals surface area contributed by atoms with Crippen molar-refractivity contribution < 1.29 is 9.90 Å². The minimum absolute atomic E-state index is 0.441. The van der Waals surface area contributed by atoms with E-state index >= 15 is 0 Å². The van der Waals surface area contributed by atoms with Gasteiger partial charge in [-0.05, 0) is 43.7 Å². The molecule has 110 valence electrons. The molecule has 21 heavy (non-hydrogen) atoms. The van der Waals surface area contributed by atoms with E-state index in [0.717, 1.165) is 52.8 Å². The fourth-order valence-corrected chi connectivity index (χ4v) is 3.07. The molecule has 4 nitrogen and oxygen atoms in total. The number of aromatic carboxylic acids is 1. The van der Waals surface area contributed by atoms with Gasteiger partial charge in [-0.25, -0.2) is 4.79 Å². The molecule has 1 N–H and O–H groups in total. The summed E-state index contributed by atoms with van der Waals surface area (Å²) in [6, 6.07) is 3.97. The molecule has 0 fully saturated rings. The molecule has 2 aromatic rings. The van der Waals surface area contributed by atoms with Gasteiger partial charge in [0.1, 0.15) is 0 Å². The second kappa shape index (κ2) is 5.11. The Bertz CT molecular complexity index is 737. The minimum atomic E-state index is -0.847. The highest BCUT2D eigenvalue weighted by molar-refractivity contribution is 6.04. The molecule has 4 heteroatoms. The van der Waals surface area contributed by atoms with Crippen LogP contribution < -0.4 is 0 Å². The third-order valence-corrected chi connectivity index (χ3v) is 4.49. The van der Waals surface area contributed by atoms with Crippen molar-refractivity contribution in [3.8, 4) is 0 Å². The minimum Gasteiger partial charge on any atom is -0.478 e. The Morgan fingerprint density at radius 2 is 2.05 bits per heavy atom. The number of pyridine rings is 1. The summed E-state index contributed by atoms with van der Waals surface area (Å²) in [7, 11) is 0. The van der Waals surface area contributed by atoms with Gasteiger partial charge in [-0.15, -0.1) is 0 Å². The second-order valence-electron chi connectivity index (χ2n) is 5.79. The van der Waals surface area contributed by atoms with Crippen LogP contribution in [0.15, 0.2) is 12.1 Å². The lowest BCUT2D eigenvalue weighted by molar-refractivity contribution is 0.0695. The van der Waals surface area contributed by atoms with Crippen molar-refractivity contribution in [1.82, 2.24) is 9.88 Å². The highest BCUT2D eigenvalue weighted by atomic mass is 16.4. The molecule has 0 amide bonds. The molecule has 1 aliphatic heterocycles. The number of carboxylic acid groups (broad SMARTS) is 1. The molecular weight excluding hydrogens is 264 g/mol. The number of nitrogens with zero attached hydrogens (tertiary/aromatic N) is 2. The largest absolute Gasteiger partial charge is 0.478 e. The number of benzene rings is 1. The van der Waals surface area contributed by atoms with Crippen LogP contribution in [0.4, 0.5) is 0 Å². The van der Waals surface area contributed by atoms with Crippen molar-refractivity contribution in [2.45, 2.75) is 33.7 Å². The number of likely N-dealkylation sites (N-methyl/N-ethyl adjacent to an activating group) is 1. The maximum absolute atomic E-state index is 11.8. The van der Waals surface area contributed by atoms with E-state index in [2.05, 4.69) is 11.8 Å². The molecule has 0 bridgehead atoms. The molecule has 0 radical (unpaired) electrons. The SMILES string of the molecule is CCN1CCc2nc3cc(C)c(C)cc3c(C(=O)O)c2C1. The zero-order chi connectivity index (χ0) is 15.1. The van der Waals surface area contributed by atoms with Gasteiger partial charge in [-0.1, -0.05) is 6.92 Å². The van der Waals surface area contributed by atoms with Gasteiger partial charge >= 0.3 is 5.97 Å². The van der Waals surface area contributed by atoms with E-state index in [9.17, 15) is 9.90 Å². The first-order valence-electron chi connectivity index (χ1n) is 7.39. The molecule has 0 spiro atoms. The van der Waals surface area contributed by atoms with Crippen molar-refractivity contribution in [2.75, 3.05) is 13.1 Å². The number of aryl methyl sites for hydroxylation is 2. The summed E-state index contributed by atoms with van der Waals surface area (Å²) in [6.07, 6.45) is 0.826. The summed E-state index contributed by atoms with van der Waals surface area (Å²) in [5, 5.41) is 10.5. The normalized spacial score (nSPS) is 15.2. The van der Waals surface area contributed by atoms with E-state index in [0.29, 0.717) is 12.1 Å². The fourth-order valence-electron chi connectivity index (χ4n) is 3.07. The zero-order valence-corrected chi connectivity index (χ0v) is 12.7. The van der Waals surface area contributed by atoms with Crippen LogP contribution in [0.5, 0.6) is 0 Å². The van der Waals surface area contributed by atoms with Gasteiger partial charge in [0.05, 0.1) is 11.1 Å². The van der Waals surface area contributed by atoms with Gasteiger partial charge in [0, 0.05) is 36.2 Å². The number of hydrogen-bond donors (Lipinski definition) is 1. The van der Waals surface area contributed by atoms with E-state index < -0.39 is 5.97 Å². The first-order chi connectivity index (χ1) is 10.0. The monoisotopic (exact) mass is 284 g/mol. The quantitative estimate of drug-likeness (QED) is 0.921. The molecule has 0 saturated carbocycles. The van der Waals surface area contributed by atoms with E-state index in [1.807, 2.05) is 26.0 Å². The van der Waals surface area contributed by atoms with Crippen LogP contribution >= 0.6 is 0 Å². The van der Waals surface area contributed by atoms with Crippen LogP contribution in [0.3, 0.4) is 0 Å². The number of carboxylic acids is 1. The van der Waals surface area contributed by atoms with E-state index in [4.69, 9.17) is 4.98 Å². The van der Waals surface area contributed by atoms with Gasteiger partial charge < -0.3 is 5.11 Å². The third-order valence-electron chi connectivity index (χ3n) is 4.49. The molecule has 0 unspecified atom stereocenters. The maximum Gasteiger partial charge on any atom is 0.336 e. The molecular formula is C17H20N2O2. The first-order valence-corrected chi connectivity index (χ1v) is 7.39. The molecule has 3 rings (SSSR count). The average Bonchev–Trinajstić information content (AvgIpc) is 2.45. The molecule has 1 aromatic carbocycles. The van der Waals surface area contributed by atoms with Crippen molar-refractivity contribution in [1.29, 1.82) is 0 Å². The second-order valence-corrected chi connectivity index (χ2v) is 5.79. The first kappa shape index (κ1) is 14.0. The van der Waals surface area contributed by atoms with Crippen molar-refractivity contribution >= 4 is 16.9 Å². The summed E-state index contributed by atoms with van der Waals surface area (Å²) in [5.41, 5.74) is 5.35. The third kappa shape index (κ3) is 2.29. The topological polar surface area (TPSA) is 53.4 Å². The zero-order valence-electron chi connectivity index (χ0n) is 12.7. The number of fused-ring (bicyclic) bond motifs is 2. The summed E-state index contributed by atoms with van der Waals surface area (Å²) in [5.74, 6) is -0.847. The Labute approximate surface area is 124 Å². The van der Waals surface area contributed by atoms with Crippen molar-refractivity contribution in [3.05, 3.63) is 40.1 Å². The van der Waals surface area contributed by atoms with Gasteiger partial charge in [-0.3, -0.25) is 9.88 Å².